The monoisotopic (exact) mass is 234 g/mol. The molecule has 1 amide bonds. The third kappa shape index (κ3) is 2.90. The average Bonchev–Trinajstić information content (AvgIpc) is 2.35. The van der Waals surface area contributed by atoms with E-state index in [1.165, 1.54) is 16.9 Å². The number of amides is 1. The second kappa shape index (κ2) is 5.08. The first kappa shape index (κ1) is 11.8. The van der Waals surface area contributed by atoms with Gasteiger partial charge in [0.25, 0.3) is 5.91 Å². The molecule has 1 N–H and O–H groups in total. The van der Waals surface area contributed by atoms with E-state index in [-0.39, 0.29) is 12.5 Å². The topological polar surface area (TPSA) is 41.6 Å². The van der Waals surface area contributed by atoms with Crippen LogP contribution in [0.3, 0.4) is 0 Å². The zero-order valence-corrected chi connectivity index (χ0v) is 10.3. The van der Waals surface area contributed by atoms with Crippen molar-refractivity contribution in [2.45, 2.75) is 12.8 Å². The molecule has 0 saturated carbocycles. The Morgan fingerprint density at radius 1 is 1.47 bits per heavy atom. The Hall–Kier alpha value is -1.71. The van der Waals surface area contributed by atoms with Gasteiger partial charge in [-0.25, -0.2) is 0 Å². The van der Waals surface area contributed by atoms with Crippen molar-refractivity contribution < 1.29 is 9.53 Å². The summed E-state index contributed by atoms with van der Waals surface area (Å²) in [5.41, 5.74) is 2.45. The Morgan fingerprint density at radius 2 is 2.29 bits per heavy atom. The number of nitrogens with zero attached hydrogens (tertiary/aromatic N) is 1. The third-order valence-electron chi connectivity index (χ3n) is 2.88. The molecule has 0 aromatic heterocycles. The van der Waals surface area contributed by atoms with Crippen LogP contribution in [0.25, 0.3) is 0 Å². The van der Waals surface area contributed by atoms with Gasteiger partial charge in [0.05, 0.1) is 0 Å². The normalized spacial score (nSPS) is 13.5. The maximum Gasteiger partial charge on any atom is 0.259 e. The molecule has 4 heteroatoms. The fourth-order valence-corrected chi connectivity index (χ4v) is 1.80. The van der Waals surface area contributed by atoms with Gasteiger partial charge in [0, 0.05) is 32.4 Å². The van der Waals surface area contributed by atoms with Crippen LogP contribution in [-0.2, 0) is 11.2 Å². The molecule has 0 radical (unpaired) electrons. The lowest BCUT2D eigenvalue weighted by molar-refractivity contribution is -0.130. The Balaban J connectivity index is 2.00. The van der Waals surface area contributed by atoms with Crippen molar-refractivity contribution in [3.63, 3.8) is 0 Å². The van der Waals surface area contributed by atoms with E-state index in [4.69, 9.17) is 4.74 Å². The smallest absolute Gasteiger partial charge is 0.259 e. The van der Waals surface area contributed by atoms with E-state index in [2.05, 4.69) is 11.4 Å². The third-order valence-corrected chi connectivity index (χ3v) is 2.88. The van der Waals surface area contributed by atoms with Gasteiger partial charge in [-0.2, -0.15) is 0 Å². The maximum absolute atomic E-state index is 11.4. The predicted octanol–water partition coefficient (Wildman–Crippen LogP) is 1.51. The summed E-state index contributed by atoms with van der Waals surface area (Å²) in [7, 11) is 3.44. The van der Waals surface area contributed by atoms with Gasteiger partial charge in [0.2, 0.25) is 0 Å². The van der Waals surface area contributed by atoms with Gasteiger partial charge in [-0.3, -0.25) is 4.79 Å². The van der Waals surface area contributed by atoms with Crippen LogP contribution >= 0.6 is 0 Å². The largest absolute Gasteiger partial charge is 0.484 e. The first-order chi connectivity index (χ1) is 8.16. The number of likely N-dealkylation sites (N-methyl/N-ethyl adjacent to an activating group) is 1. The molecule has 0 saturated heterocycles. The molecular weight excluding hydrogens is 216 g/mol. The van der Waals surface area contributed by atoms with Crippen LogP contribution in [0.15, 0.2) is 18.2 Å². The van der Waals surface area contributed by atoms with Crippen molar-refractivity contribution in [1.82, 2.24) is 4.90 Å². The maximum atomic E-state index is 11.4. The SMILES string of the molecule is CN(C)C(=O)COc1ccc2c(c1)NCCC2. The molecule has 1 aliphatic heterocycles. The Morgan fingerprint density at radius 3 is 3.06 bits per heavy atom. The van der Waals surface area contributed by atoms with Crippen molar-refractivity contribution in [2.24, 2.45) is 0 Å². The number of anilines is 1. The van der Waals surface area contributed by atoms with Crippen molar-refractivity contribution in [3.05, 3.63) is 23.8 Å². The summed E-state index contributed by atoms with van der Waals surface area (Å²) in [4.78, 5) is 12.9. The molecule has 17 heavy (non-hydrogen) atoms. The Kier molecular flexibility index (Phi) is 3.52. The quantitative estimate of drug-likeness (QED) is 0.862. The van der Waals surface area contributed by atoms with Gasteiger partial charge in [0.1, 0.15) is 5.75 Å². The number of hydrogen-bond donors (Lipinski definition) is 1. The van der Waals surface area contributed by atoms with E-state index < -0.39 is 0 Å². The zero-order valence-electron chi connectivity index (χ0n) is 10.3. The zero-order chi connectivity index (χ0) is 12.3. The molecule has 2 rings (SSSR count). The summed E-state index contributed by atoms with van der Waals surface area (Å²) in [6.07, 6.45) is 2.28. The van der Waals surface area contributed by atoms with Gasteiger partial charge in [-0.15, -0.1) is 0 Å². The van der Waals surface area contributed by atoms with Crippen LogP contribution in [0.1, 0.15) is 12.0 Å². The molecule has 1 aromatic rings. The highest BCUT2D eigenvalue weighted by Crippen LogP contribution is 2.26. The number of benzene rings is 1. The molecule has 0 unspecified atom stereocenters. The summed E-state index contributed by atoms with van der Waals surface area (Å²) in [6.45, 7) is 1.10. The molecule has 0 spiro atoms. The summed E-state index contributed by atoms with van der Waals surface area (Å²) in [6, 6.07) is 5.96. The fourth-order valence-electron chi connectivity index (χ4n) is 1.80. The molecule has 92 valence electrons. The molecule has 4 nitrogen and oxygen atoms in total. The van der Waals surface area contributed by atoms with E-state index in [1.54, 1.807) is 14.1 Å². The minimum Gasteiger partial charge on any atom is -0.484 e. The average molecular weight is 234 g/mol. The lowest BCUT2D eigenvalue weighted by Gasteiger charge is -2.19. The van der Waals surface area contributed by atoms with E-state index in [0.29, 0.717) is 0 Å². The first-order valence-electron chi connectivity index (χ1n) is 5.86. The number of carbonyl (C=O) groups excluding carboxylic acids is 1. The summed E-state index contributed by atoms with van der Waals surface area (Å²) in [5, 5.41) is 3.34. The van der Waals surface area contributed by atoms with Crippen LogP contribution in [0.2, 0.25) is 0 Å². The lowest BCUT2D eigenvalue weighted by atomic mass is 10.0. The van der Waals surface area contributed by atoms with Crippen LogP contribution in [0.4, 0.5) is 5.69 Å². The number of ether oxygens (including phenoxy) is 1. The minimum absolute atomic E-state index is 0.0318. The van der Waals surface area contributed by atoms with E-state index in [0.717, 1.165) is 24.4 Å². The van der Waals surface area contributed by atoms with Gasteiger partial charge >= 0.3 is 0 Å². The highest BCUT2D eigenvalue weighted by molar-refractivity contribution is 5.77. The van der Waals surface area contributed by atoms with Crippen molar-refractivity contribution in [1.29, 1.82) is 0 Å². The summed E-state index contributed by atoms with van der Waals surface area (Å²) in [5.74, 6) is 0.712. The molecule has 0 atom stereocenters. The van der Waals surface area contributed by atoms with Crippen molar-refractivity contribution in [2.75, 3.05) is 32.6 Å². The highest BCUT2D eigenvalue weighted by Gasteiger charge is 2.10. The molecule has 0 bridgehead atoms. The second-order valence-electron chi connectivity index (χ2n) is 4.43. The van der Waals surface area contributed by atoms with Crippen LogP contribution in [0.5, 0.6) is 5.75 Å². The van der Waals surface area contributed by atoms with Gasteiger partial charge in [-0.1, -0.05) is 6.07 Å². The van der Waals surface area contributed by atoms with Crippen LogP contribution in [0, 0.1) is 0 Å². The van der Waals surface area contributed by atoms with E-state index >= 15 is 0 Å². The standard InChI is InChI=1S/C13H18N2O2/c1-15(2)13(16)9-17-11-6-5-10-4-3-7-14-12(10)8-11/h5-6,8,14H,3-4,7,9H2,1-2H3. The predicted molar refractivity (Wildman–Crippen MR) is 67.4 cm³/mol. The molecule has 0 fully saturated rings. The van der Waals surface area contributed by atoms with E-state index in [9.17, 15) is 4.79 Å². The fraction of sp³-hybridized carbons (Fsp3) is 0.462. The molecular formula is C13H18N2O2. The Bertz CT molecular complexity index is 416. The minimum atomic E-state index is -0.0318. The second-order valence-corrected chi connectivity index (χ2v) is 4.43. The van der Waals surface area contributed by atoms with Crippen LogP contribution < -0.4 is 10.1 Å². The molecule has 1 aromatic carbocycles. The summed E-state index contributed by atoms with van der Waals surface area (Å²) < 4.78 is 5.46. The van der Waals surface area contributed by atoms with Gasteiger partial charge in [0.15, 0.2) is 6.61 Å². The Labute approximate surface area is 102 Å². The van der Waals surface area contributed by atoms with Gasteiger partial charge in [-0.05, 0) is 24.5 Å². The van der Waals surface area contributed by atoms with Gasteiger partial charge < -0.3 is 15.0 Å². The van der Waals surface area contributed by atoms with E-state index in [1.807, 2.05) is 12.1 Å². The number of carbonyl (C=O) groups is 1. The number of rotatable bonds is 3. The molecule has 1 heterocycles. The highest BCUT2D eigenvalue weighted by atomic mass is 16.5. The summed E-state index contributed by atoms with van der Waals surface area (Å²) >= 11 is 0. The lowest BCUT2D eigenvalue weighted by Crippen LogP contribution is -2.27. The van der Waals surface area contributed by atoms with Crippen LogP contribution in [-0.4, -0.2) is 38.1 Å². The number of fused-ring (bicyclic) bond motifs is 1. The molecule has 0 aliphatic carbocycles. The molecule has 1 aliphatic rings. The van der Waals surface area contributed by atoms with Crippen molar-refractivity contribution >= 4 is 11.6 Å². The van der Waals surface area contributed by atoms with Crippen molar-refractivity contribution in [3.8, 4) is 5.75 Å². The number of hydrogen-bond acceptors (Lipinski definition) is 3. The first-order valence-corrected chi connectivity index (χ1v) is 5.86. The number of aryl methyl sites for hydroxylation is 1. The number of nitrogens with one attached hydrogen (secondary N) is 1.